The van der Waals surface area contributed by atoms with Gasteiger partial charge in [0.25, 0.3) is 0 Å². The van der Waals surface area contributed by atoms with Crippen LogP contribution in [0.1, 0.15) is 17.7 Å². The Morgan fingerprint density at radius 3 is 2.63 bits per heavy atom. The molecule has 2 rings (SSSR count). The third kappa shape index (κ3) is 3.67. The molecule has 0 atom stereocenters. The van der Waals surface area contributed by atoms with Gasteiger partial charge in [-0.1, -0.05) is 12.1 Å². The molecule has 0 radical (unpaired) electrons. The molecule has 0 aliphatic rings. The molecule has 0 aliphatic carbocycles. The first kappa shape index (κ1) is 13.8. The molecule has 1 aromatic carbocycles. The highest BCUT2D eigenvalue weighted by Crippen LogP contribution is 2.14. The van der Waals surface area contributed by atoms with E-state index in [1.807, 2.05) is 32.2 Å². The van der Waals surface area contributed by atoms with Gasteiger partial charge in [0.1, 0.15) is 0 Å². The van der Waals surface area contributed by atoms with E-state index in [9.17, 15) is 8.42 Å². The Hall–Kier alpha value is -1.62. The van der Waals surface area contributed by atoms with Crippen LogP contribution in [0.2, 0.25) is 0 Å². The van der Waals surface area contributed by atoms with E-state index < -0.39 is 9.84 Å². The lowest BCUT2D eigenvalue weighted by atomic mass is 10.2. The van der Waals surface area contributed by atoms with Crippen molar-refractivity contribution in [3.63, 3.8) is 0 Å². The topological polar surface area (TPSA) is 52.0 Å². The second kappa shape index (κ2) is 5.57. The van der Waals surface area contributed by atoms with Crippen LogP contribution in [0.25, 0.3) is 0 Å². The summed E-state index contributed by atoms with van der Waals surface area (Å²) < 4.78 is 26.1. The van der Waals surface area contributed by atoms with Gasteiger partial charge in [-0.15, -0.1) is 0 Å². The van der Waals surface area contributed by atoms with E-state index >= 15 is 0 Å². The highest BCUT2D eigenvalue weighted by Gasteiger charge is 2.13. The van der Waals surface area contributed by atoms with Crippen molar-refractivity contribution in [2.24, 2.45) is 0 Å². The largest absolute Gasteiger partial charge is 0.272 e. The standard InChI is InChI=1S/C14H18N2O2S/c1-12-5-3-6-14(11-12)19(17,18)10-4-8-16-9-7-13(2)15-16/h3,5-7,9,11H,4,8,10H2,1-2H3. The summed E-state index contributed by atoms with van der Waals surface area (Å²) in [6.07, 6.45) is 2.44. The highest BCUT2D eigenvalue weighted by molar-refractivity contribution is 7.91. The summed E-state index contributed by atoms with van der Waals surface area (Å²) in [4.78, 5) is 0.407. The second-order valence-electron chi connectivity index (χ2n) is 4.71. The van der Waals surface area contributed by atoms with Crippen LogP contribution in [0, 0.1) is 13.8 Å². The zero-order valence-corrected chi connectivity index (χ0v) is 12.0. The van der Waals surface area contributed by atoms with Crippen LogP contribution in [0.15, 0.2) is 41.4 Å². The summed E-state index contributed by atoms with van der Waals surface area (Å²) in [5.74, 6) is 0.148. The maximum atomic E-state index is 12.2. The molecule has 0 amide bonds. The minimum absolute atomic E-state index is 0.148. The van der Waals surface area contributed by atoms with Crippen molar-refractivity contribution in [1.29, 1.82) is 0 Å². The molecule has 0 N–H and O–H groups in total. The van der Waals surface area contributed by atoms with E-state index in [0.717, 1.165) is 11.3 Å². The maximum absolute atomic E-state index is 12.2. The van der Waals surface area contributed by atoms with Gasteiger partial charge in [0, 0.05) is 12.7 Å². The molecule has 19 heavy (non-hydrogen) atoms. The van der Waals surface area contributed by atoms with Crippen LogP contribution < -0.4 is 0 Å². The van der Waals surface area contributed by atoms with Gasteiger partial charge in [-0.05, 0) is 44.0 Å². The van der Waals surface area contributed by atoms with Gasteiger partial charge in [-0.2, -0.15) is 5.10 Å². The van der Waals surface area contributed by atoms with Crippen molar-refractivity contribution in [2.45, 2.75) is 31.7 Å². The molecule has 0 saturated carbocycles. The molecule has 1 aromatic heterocycles. The van der Waals surface area contributed by atoms with Crippen LogP contribution >= 0.6 is 0 Å². The third-order valence-electron chi connectivity index (χ3n) is 2.92. The number of benzene rings is 1. The molecule has 0 unspecified atom stereocenters. The fraction of sp³-hybridized carbons (Fsp3) is 0.357. The Bertz CT molecular complexity index is 660. The van der Waals surface area contributed by atoms with E-state index in [2.05, 4.69) is 5.10 Å². The van der Waals surface area contributed by atoms with Crippen molar-refractivity contribution in [3.05, 3.63) is 47.8 Å². The molecule has 102 valence electrons. The average molecular weight is 278 g/mol. The van der Waals surface area contributed by atoms with Gasteiger partial charge < -0.3 is 0 Å². The first-order valence-electron chi connectivity index (χ1n) is 6.27. The van der Waals surface area contributed by atoms with Crippen molar-refractivity contribution >= 4 is 9.84 Å². The number of nitrogens with zero attached hydrogens (tertiary/aromatic N) is 2. The maximum Gasteiger partial charge on any atom is 0.178 e. The summed E-state index contributed by atoms with van der Waals surface area (Å²) in [6.45, 7) is 4.43. The molecule has 0 bridgehead atoms. The molecule has 5 heteroatoms. The number of hydrogen-bond acceptors (Lipinski definition) is 3. The van der Waals surface area contributed by atoms with Gasteiger partial charge in [-0.25, -0.2) is 8.42 Å². The first-order chi connectivity index (χ1) is 8.97. The molecule has 0 saturated heterocycles. The van der Waals surface area contributed by atoms with Crippen LogP contribution in [-0.2, 0) is 16.4 Å². The molecule has 2 aromatic rings. The molecular formula is C14H18N2O2S. The summed E-state index contributed by atoms with van der Waals surface area (Å²) in [6, 6.07) is 8.95. The number of rotatable bonds is 5. The highest BCUT2D eigenvalue weighted by atomic mass is 32.2. The Balaban J connectivity index is 1.98. The Morgan fingerprint density at radius 1 is 1.21 bits per heavy atom. The Morgan fingerprint density at radius 2 is 2.00 bits per heavy atom. The fourth-order valence-corrected chi connectivity index (χ4v) is 3.33. The lowest BCUT2D eigenvalue weighted by molar-refractivity contribution is 0.571. The van der Waals surface area contributed by atoms with Crippen molar-refractivity contribution in [1.82, 2.24) is 9.78 Å². The van der Waals surface area contributed by atoms with Gasteiger partial charge >= 0.3 is 0 Å². The monoisotopic (exact) mass is 278 g/mol. The van der Waals surface area contributed by atoms with Gasteiger partial charge in [0.05, 0.1) is 16.3 Å². The summed E-state index contributed by atoms with van der Waals surface area (Å²) in [7, 11) is -3.19. The Labute approximate surface area is 114 Å². The predicted octanol–water partition coefficient (Wildman–Crippen LogP) is 2.36. The van der Waals surface area contributed by atoms with Crippen molar-refractivity contribution in [3.8, 4) is 0 Å². The van der Waals surface area contributed by atoms with E-state index in [1.54, 1.807) is 22.9 Å². The quantitative estimate of drug-likeness (QED) is 0.843. The van der Waals surface area contributed by atoms with Crippen molar-refractivity contribution < 1.29 is 8.42 Å². The average Bonchev–Trinajstić information content (AvgIpc) is 2.75. The Kier molecular flexibility index (Phi) is 4.04. The number of sulfone groups is 1. The normalized spacial score (nSPS) is 11.7. The molecule has 0 aliphatic heterocycles. The van der Waals surface area contributed by atoms with E-state index in [1.165, 1.54) is 0 Å². The fourth-order valence-electron chi connectivity index (χ4n) is 1.93. The van der Waals surface area contributed by atoms with Gasteiger partial charge in [0.2, 0.25) is 0 Å². The molecule has 4 nitrogen and oxygen atoms in total. The van der Waals surface area contributed by atoms with E-state index in [0.29, 0.717) is 17.9 Å². The summed E-state index contributed by atoms with van der Waals surface area (Å²) in [5.41, 5.74) is 1.91. The number of aromatic nitrogens is 2. The van der Waals surface area contributed by atoms with Crippen LogP contribution in [-0.4, -0.2) is 24.0 Å². The van der Waals surface area contributed by atoms with Crippen LogP contribution in [0.3, 0.4) is 0 Å². The molecule has 0 fully saturated rings. The molecule has 1 heterocycles. The van der Waals surface area contributed by atoms with Crippen LogP contribution in [0.5, 0.6) is 0 Å². The first-order valence-corrected chi connectivity index (χ1v) is 7.92. The van der Waals surface area contributed by atoms with Gasteiger partial charge in [0.15, 0.2) is 9.84 Å². The lowest BCUT2D eigenvalue weighted by Gasteiger charge is -2.05. The van der Waals surface area contributed by atoms with Gasteiger partial charge in [-0.3, -0.25) is 4.68 Å². The summed E-state index contributed by atoms with van der Waals surface area (Å²) >= 11 is 0. The molecular weight excluding hydrogens is 260 g/mol. The number of hydrogen-bond donors (Lipinski definition) is 0. The zero-order chi connectivity index (χ0) is 13.9. The lowest BCUT2D eigenvalue weighted by Crippen LogP contribution is -2.10. The number of aryl methyl sites for hydroxylation is 3. The van der Waals surface area contributed by atoms with E-state index in [-0.39, 0.29) is 5.75 Å². The third-order valence-corrected chi connectivity index (χ3v) is 4.72. The van der Waals surface area contributed by atoms with E-state index in [4.69, 9.17) is 0 Å². The molecule has 0 spiro atoms. The minimum Gasteiger partial charge on any atom is -0.272 e. The zero-order valence-electron chi connectivity index (χ0n) is 11.2. The predicted molar refractivity (Wildman–Crippen MR) is 74.8 cm³/mol. The summed E-state index contributed by atoms with van der Waals surface area (Å²) in [5, 5.41) is 4.24. The van der Waals surface area contributed by atoms with Crippen LogP contribution in [0.4, 0.5) is 0 Å². The SMILES string of the molecule is Cc1cccc(S(=O)(=O)CCCn2ccc(C)n2)c1. The second-order valence-corrected chi connectivity index (χ2v) is 6.82. The van der Waals surface area contributed by atoms with Crippen molar-refractivity contribution in [2.75, 3.05) is 5.75 Å². The minimum atomic E-state index is -3.19. The smallest absolute Gasteiger partial charge is 0.178 e.